The maximum absolute atomic E-state index is 9.65. The summed E-state index contributed by atoms with van der Waals surface area (Å²) in [5.41, 5.74) is -0.661. The predicted molar refractivity (Wildman–Crippen MR) is 52.6 cm³/mol. The molecule has 0 unspecified atom stereocenters. The molecule has 2 atom stereocenters. The summed E-state index contributed by atoms with van der Waals surface area (Å²) in [5, 5.41) is 19.1. The first-order valence-electron chi connectivity index (χ1n) is 5.03. The highest BCUT2D eigenvalue weighted by molar-refractivity contribution is 4.82. The molecule has 78 valence electrons. The van der Waals surface area contributed by atoms with Gasteiger partial charge in [0.1, 0.15) is 0 Å². The normalized spacial score (nSPS) is 32.1. The van der Waals surface area contributed by atoms with E-state index in [0.29, 0.717) is 19.1 Å². The zero-order valence-electron chi connectivity index (χ0n) is 8.82. The number of piperidine rings is 1. The van der Waals surface area contributed by atoms with Crippen LogP contribution < -0.4 is 0 Å². The van der Waals surface area contributed by atoms with Crippen LogP contribution in [0.25, 0.3) is 0 Å². The SMILES string of the molecule is C[C@H]1CC[C@H](O)CN1CC(C)(C)O. The Hall–Kier alpha value is -0.120. The third-order valence-corrected chi connectivity index (χ3v) is 2.58. The van der Waals surface area contributed by atoms with Gasteiger partial charge in [-0.3, -0.25) is 4.90 Å². The maximum Gasteiger partial charge on any atom is 0.0718 e. The van der Waals surface area contributed by atoms with E-state index in [1.165, 1.54) is 0 Å². The minimum atomic E-state index is -0.661. The molecule has 0 aromatic rings. The van der Waals surface area contributed by atoms with Crippen LogP contribution in [0.4, 0.5) is 0 Å². The number of nitrogens with zero attached hydrogens (tertiary/aromatic N) is 1. The minimum absolute atomic E-state index is 0.210. The Labute approximate surface area is 80.4 Å². The average molecular weight is 187 g/mol. The first-order chi connectivity index (χ1) is 5.88. The van der Waals surface area contributed by atoms with Gasteiger partial charge in [0.05, 0.1) is 11.7 Å². The zero-order valence-corrected chi connectivity index (χ0v) is 8.82. The summed E-state index contributed by atoms with van der Waals surface area (Å²) in [6.07, 6.45) is 1.71. The molecule has 3 nitrogen and oxygen atoms in total. The van der Waals surface area contributed by atoms with Crippen LogP contribution in [0, 0.1) is 0 Å². The number of aliphatic hydroxyl groups excluding tert-OH is 1. The molecule has 0 saturated carbocycles. The second kappa shape index (κ2) is 3.95. The van der Waals surface area contributed by atoms with Crippen molar-refractivity contribution in [3.8, 4) is 0 Å². The van der Waals surface area contributed by atoms with Crippen molar-refractivity contribution in [3.05, 3.63) is 0 Å². The molecule has 3 heteroatoms. The van der Waals surface area contributed by atoms with Gasteiger partial charge in [-0.05, 0) is 33.6 Å². The van der Waals surface area contributed by atoms with Gasteiger partial charge in [-0.25, -0.2) is 0 Å². The van der Waals surface area contributed by atoms with Gasteiger partial charge in [-0.1, -0.05) is 0 Å². The smallest absolute Gasteiger partial charge is 0.0718 e. The van der Waals surface area contributed by atoms with E-state index in [1.54, 1.807) is 13.8 Å². The number of rotatable bonds is 2. The van der Waals surface area contributed by atoms with E-state index in [4.69, 9.17) is 0 Å². The van der Waals surface area contributed by atoms with Crippen LogP contribution in [0.15, 0.2) is 0 Å². The van der Waals surface area contributed by atoms with Crippen molar-refractivity contribution in [1.82, 2.24) is 4.90 Å². The van der Waals surface area contributed by atoms with Gasteiger partial charge in [-0.15, -0.1) is 0 Å². The van der Waals surface area contributed by atoms with E-state index in [-0.39, 0.29) is 6.10 Å². The third-order valence-electron chi connectivity index (χ3n) is 2.58. The number of aliphatic hydroxyl groups is 2. The molecule has 13 heavy (non-hydrogen) atoms. The lowest BCUT2D eigenvalue weighted by atomic mass is 9.99. The van der Waals surface area contributed by atoms with Crippen molar-refractivity contribution in [1.29, 1.82) is 0 Å². The molecule has 0 radical (unpaired) electrons. The van der Waals surface area contributed by atoms with Crippen molar-refractivity contribution in [3.63, 3.8) is 0 Å². The lowest BCUT2D eigenvalue weighted by Gasteiger charge is -2.39. The van der Waals surface area contributed by atoms with Gasteiger partial charge in [-0.2, -0.15) is 0 Å². The van der Waals surface area contributed by atoms with Gasteiger partial charge in [0.25, 0.3) is 0 Å². The largest absolute Gasteiger partial charge is 0.392 e. The van der Waals surface area contributed by atoms with Gasteiger partial charge < -0.3 is 10.2 Å². The molecule has 0 aliphatic carbocycles. The molecular formula is C10H21NO2. The first kappa shape index (κ1) is 11.0. The molecule has 1 aliphatic heterocycles. The number of likely N-dealkylation sites (tertiary alicyclic amines) is 1. The topological polar surface area (TPSA) is 43.7 Å². The lowest BCUT2D eigenvalue weighted by molar-refractivity contribution is -0.0190. The van der Waals surface area contributed by atoms with Gasteiger partial charge in [0.2, 0.25) is 0 Å². The van der Waals surface area contributed by atoms with Gasteiger partial charge in [0.15, 0.2) is 0 Å². The van der Waals surface area contributed by atoms with Crippen molar-refractivity contribution in [2.24, 2.45) is 0 Å². The van der Waals surface area contributed by atoms with Crippen molar-refractivity contribution >= 4 is 0 Å². The fraction of sp³-hybridized carbons (Fsp3) is 1.00. The molecule has 0 aromatic heterocycles. The first-order valence-corrected chi connectivity index (χ1v) is 5.03. The summed E-state index contributed by atoms with van der Waals surface area (Å²) in [5.74, 6) is 0. The predicted octanol–water partition coefficient (Wildman–Crippen LogP) is 0.602. The van der Waals surface area contributed by atoms with Gasteiger partial charge >= 0.3 is 0 Å². The minimum Gasteiger partial charge on any atom is -0.392 e. The van der Waals surface area contributed by atoms with E-state index >= 15 is 0 Å². The lowest BCUT2D eigenvalue weighted by Crippen LogP contribution is -2.49. The Bertz CT molecular complexity index is 165. The Morgan fingerprint density at radius 1 is 1.38 bits per heavy atom. The van der Waals surface area contributed by atoms with E-state index in [0.717, 1.165) is 12.8 Å². The molecule has 0 amide bonds. The highest BCUT2D eigenvalue weighted by atomic mass is 16.3. The summed E-state index contributed by atoms with van der Waals surface area (Å²) in [6.45, 7) is 7.11. The number of hydrogen-bond acceptors (Lipinski definition) is 3. The third kappa shape index (κ3) is 3.63. The van der Waals surface area contributed by atoms with Crippen LogP contribution >= 0.6 is 0 Å². The van der Waals surface area contributed by atoms with Crippen molar-refractivity contribution in [2.75, 3.05) is 13.1 Å². The number of hydrogen-bond donors (Lipinski definition) is 2. The van der Waals surface area contributed by atoms with E-state index in [1.807, 2.05) is 0 Å². The van der Waals surface area contributed by atoms with Crippen LogP contribution in [-0.2, 0) is 0 Å². The maximum atomic E-state index is 9.65. The van der Waals surface area contributed by atoms with E-state index in [9.17, 15) is 10.2 Å². The number of β-amino-alcohol motifs (C(OH)–C–C–N with tert-alkyl or cyclic N) is 2. The Morgan fingerprint density at radius 3 is 2.54 bits per heavy atom. The van der Waals surface area contributed by atoms with E-state index < -0.39 is 5.60 Å². The molecule has 1 rings (SSSR count). The molecule has 1 aliphatic rings. The second-order valence-electron chi connectivity index (χ2n) is 4.82. The standard InChI is InChI=1S/C10H21NO2/c1-8-4-5-9(12)6-11(8)7-10(2,3)13/h8-9,12-13H,4-7H2,1-3H3/t8-,9-/m0/s1. The van der Waals surface area contributed by atoms with Crippen LogP contribution in [-0.4, -0.2) is 45.9 Å². The van der Waals surface area contributed by atoms with E-state index in [2.05, 4.69) is 11.8 Å². The molecule has 0 aromatic carbocycles. The highest BCUT2D eigenvalue weighted by Crippen LogP contribution is 2.19. The molecule has 1 saturated heterocycles. The summed E-state index contributed by atoms with van der Waals surface area (Å²) in [6, 6.07) is 0.481. The summed E-state index contributed by atoms with van der Waals surface area (Å²) >= 11 is 0. The van der Waals surface area contributed by atoms with Gasteiger partial charge in [0, 0.05) is 19.1 Å². The zero-order chi connectivity index (χ0) is 10.1. The monoisotopic (exact) mass is 187 g/mol. The summed E-state index contributed by atoms with van der Waals surface area (Å²) < 4.78 is 0. The molecule has 1 heterocycles. The Balaban J connectivity index is 2.47. The molecular weight excluding hydrogens is 166 g/mol. The molecule has 0 spiro atoms. The fourth-order valence-corrected chi connectivity index (χ4v) is 1.88. The highest BCUT2D eigenvalue weighted by Gasteiger charge is 2.27. The Kier molecular flexibility index (Phi) is 3.33. The van der Waals surface area contributed by atoms with Crippen molar-refractivity contribution in [2.45, 2.75) is 51.4 Å². The van der Waals surface area contributed by atoms with Crippen LogP contribution in [0.5, 0.6) is 0 Å². The van der Waals surface area contributed by atoms with Crippen LogP contribution in [0.3, 0.4) is 0 Å². The van der Waals surface area contributed by atoms with Crippen molar-refractivity contribution < 1.29 is 10.2 Å². The molecule has 0 bridgehead atoms. The molecule has 2 N–H and O–H groups in total. The molecule has 1 fully saturated rings. The van der Waals surface area contributed by atoms with Crippen LogP contribution in [0.1, 0.15) is 33.6 Å². The second-order valence-corrected chi connectivity index (χ2v) is 4.82. The fourth-order valence-electron chi connectivity index (χ4n) is 1.88. The summed E-state index contributed by atoms with van der Waals surface area (Å²) in [4.78, 5) is 2.16. The Morgan fingerprint density at radius 2 is 2.00 bits per heavy atom. The summed E-state index contributed by atoms with van der Waals surface area (Å²) in [7, 11) is 0. The van der Waals surface area contributed by atoms with Crippen LogP contribution in [0.2, 0.25) is 0 Å². The average Bonchev–Trinajstić information content (AvgIpc) is 1.94. The quantitative estimate of drug-likeness (QED) is 0.665.